The number of nitrogens with zero attached hydrogens (tertiary/aromatic N) is 2. The van der Waals surface area contributed by atoms with Gasteiger partial charge in [0.25, 0.3) is 5.91 Å². The van der Waals surface area contributed by atoms with Gasteiger partial charge < -0.3 is 0 Å². The molecule has 6 nitrogen and oxygen atoms in total. The van der Waals surface area contributed by atoms with Gasteiger partial charge in [0.1, 0.15) is 5.82 Å². The lowest BCUT2D eigenvalue weighted by Crippen LogP contribution is -2.46. The number of carbonyl (C=O) groups is 1. The normalized spacial score (nSPS) is 15.4. The zero-order valence-corrected chi connectivity index (χ0v) is 19.6. The summed E-state index contributed by atoms with van der Waals surface area (Å²) in [6.07, 6.45) is 5.71. The molecule has 2 aromatic rings. The van der Waals surface area contributed by atoms with Crippen molar-refractivity contribution in [1.82, 2.24) is 9.73 Å². The fourth-order valence-corrected chi connectivity index (χ4v) is 6.47. The molecule has 0 atom stereocenters. The van der Waals surface area contributed by atoms with Crippen molar-refractivity contribution in [3.05, 3.63) is 64.5 Å². The van der Waals surface area contributed by atoms with Crippen molar-refractivity contribution >= 4 is 22.1 Å². The van der Waals surface area contributed by atoms with E-state index in [1.807, 2.05) is 19.1 Å². The molecule has 172 valence electrons. The van der Waals surface area contributed by atoms with Crippen molar-refractivity contribution in [1.29, 1.82) is 0 Å². The van der Waals surface area contributed by atoms with Crippen LogP contribution in [0.2, 0.25) is 0 Å². The largest absolute Gasteiger partial charge is 0.272 e. The van der Waals surface area contributed by atoms with Gasteiger partial charge in [-0.3, -0.25) is 4.79 Å². The topological polar surface area (TPSA) is 78.8 Å². The van der Waals surface area contributed by atoms with Crippen LogP contribution >= 0.6 is 0 Å². The molecule has 1 fully saturated rings. The molecule has 1 N–H and O–H groups in total. The molecule has 0 bridgehead atoms. The van der Waals surface area contributed by atoms with Crippen molar-refractivity contribution in [2.24, 2.45) is 5.10 Å². The van der Waals surface area contributed by atoms with E-state index in [1.54, 1.807) is 26.0 Å². The molecule has 0 unspecified atom stereocenters. The third-order valence-corrected chi connectivity index (χ3v) is 7.91. The van der Waals surface area contributed by atoms with E-state index in [4.69, 9.17) is 0 Å². The highest BCUT2D eigenvalue weighted by molar-refractivity contribution is 7.89. The fourth-order valence-electron chi connectivity index (χ4n) is 4.41. The zero-order chi connectivity index (χ0) is 23.3. The predicted octanol–water partition coefficient (Wildman–Crippen LogP) is 4.22. The average Bonchev–Trinajstić information content (AvgIpc) is 2.71. The van der Waals surface area contributed by atoms with Crippen LogP contribution < -0.4 is 5.43 Å². The number of carbonyl (C=O) groups excluding carboxylic acids is 1. The maximum atomic E-state index is 13.7. The summed E-state index contributed by atoms with van der Waals surface area (Å²) in [7, 11) is -3.89. The second kappa shape index (κ2) is 10.4. The number of hydrogen-bond acceptors (Lipinski definition) is 4. The van der Waals surface area contributed by atoms with Gasteiger partial charge in [-0.1, -0.05) is 49.1 Å². The second-order valence-electron chi connectivity index (χ2n) is 8.42. The number of rotatable bonds is 7. The Morgan fingerprint density at radius 3 is 2.41 bits per heavy atom. The summed E-state index contributed by atoms with van der Waals surface area (Å²) >= 11 is 0. The van der Waals surface area contributed by atoms with E-state index in [2.05, 4.69) is 10.5 Å². The highest BCUT2D eigenvalue weighted by Crippen LogP contribution is 2.31. The molecule has 0 heterocycles. The number of nitrogens with one attached hydrogen (secondary N) is 1. The zero-order valence-electron chi connectivity index (χ0n) is 18.8. The summed E-state index contributed by atoms with van der Waals surface area (Å²) in [5.74, 6) is -0.937. The van der Waals surface area contributed by atoms with Crippen LogP contribution in [-0.2, 0) is 14.8 Å². The first-order valence-electron chi connectivity index (χ1n) is 10.9. The van der Waals surface area contributed by atoms with E-state index < -0.39 is 21.7 Å². The van der Waals surface area contributed by atoms with Gasteiger partial charge >= 0.3 is 0 Å². The fraction of sp³-hybridized carbons (Fsp3) is 0.417. The summed E-state index contributed by atoms with van der Waals surface area (Å²) in [6, 6.07) is 9.27. The summed E-state index contributed by atoms with van der Waals surface area (Å²) < 4.78 is 42.1. The van der Waals surface area contributed by atoms with Gasteiger partial charge in [-0.15, -0.1) is 0 Å². The number of hydrogen-bond donors (Lipinski definition) is 1. The lowest BCUT2D eigenvalue weighted by molar-refractivity contribution is -0.121. The quantitative estimate of drug-likeness (QED) is 0.497. The molecule has 0 saturated heterocycles. The molecule has 8 heteroatoms. The van der Waals surface area contributed by atoms with E-state index in [-0.39, 0.29) is 17.5 Å². The Morgan fingerprint density at radius 2 is 1.78 bits per heavy atom. The molecule has 1 aliphatic carbocycles. The number of halogens is 1. The smallest absolute Gasteiger partial charge is 0.255 e. The number of sulfonamides is 1. The van der Waals surface area contributed by atoms with Crippen molar-refractivity contribution < 1.29 is 17.6 Å². The van der Waals surface area contributed by atoms with Crippen LogP contribution in [0, 0.1) is 26.6 Å². The Hall–Kier alpha value is -2.58. The predicted molar refractivity (Wildman–Crippen MR) is 124 cm³/mol. The lowest BCUT2D eigenvalue weighted by atomic mass is 9.95. The molecular weight excluding hydrogens is 429 g/mol. The first-order valence-corrected chi connectivity index (χ1v) is 12.3. The van der Waals surface area contributed by atoms with E-state index in [0.717, 1.165) is 37.7 Å². The number of hydrazone groups is 1. The molecule has 0 spiro atoms. The molecule has 3 rings (SSSR count). The maximum Gasteiger partial charge on any atom is 0.255 e. The summed E-state index contributed by atoms with van der Waals surface area (Å²) in [6.45, 7) is 5.18. The minimum Gasteiger partial charge on any atom is -0.272 e. The minimum absolute atomic E-state index is 0.230. The van der Waals surface area contributed by atoms with Crippen LogP contribution in [0.25, 0.3) is 0 Å². The molecular formula is C24H30FN3O3S. The standard InChI is InChI=1S/C24H30FN3O3S/c1-17-12-18(2)24(19(3)13-17)32(30,31)28(22-10-5-4-6-11-22)16-23(29)27-26-15-20-8-7-9-21(25)14-20/h7-9,12-15,22H,4-6,10-11,16H2,1-3H3,(H,27,29). The van der Waals surface area contributed by atoms with Gasteiger partial charge in [0.15, 0.2) is 0 Å². The molecule has 2 aromatic carbocycles. The van der Waals surface area contributed by atoms with E-state index in [0.29, 0.717) is 16.7 Å². The van der Waals surface area contributed by atoms with Crippen LogP contribution in [0.15, 0.2) is 46.4 Å². The van der Waals surface area contributed by atoms with Crippen molar-refractivity contribution in [3.8, 4) is 0 Å². The van der Waals surface area contributed by atoms with Gasteiger partial charge in [0, 0.05) is 6.04 Å². The summed E-state index contributed by atoms with van der Waals surface area (Å²) in [5, 5.41) is 3.87. The third-order valence-electron chi connectivity index (χ3n) is 5.70. The van der Waals surface area contributed by atoms with Gasteiger partial charge in [-0.2, -0.15) is 9.41 Å². The first-order chi connectivity index (χ1) is 15.2. The molecule has 0 aliphatic heterocycles. The molecule has 32 heavy (non-hydrogen) atoms. The van der Waals surface area contributed by atoms with Crippen LogP contribution in [0.5, 0.6) is 0 Å². The van der Waals surface area contributed by atoms with E-state index in [9.17, 15) is 17.6 Å². The number of aryl methyl sites for hydroxylation is 3. The Bertz CT molecular complexity index is 1090. The second-order valence-corrected chi connectivity index (χ2v) is 10.2. The van der Waals surface area contributed by atoms with Crippen LogP contribution in [0.4, 0.5) is 4.39 Å². The molecule has 1 aliphatic rings. The van der Waals surface area contributed by atoms with Crippen LogP contribution in [0.1, 0.15) is 54.4 Å². The monoisotopic (exact) mass is 459 g/mol. The highest BCUT2D eigenvalue weighted by atomic mass is 32.2. The average molecular weight is 460 g/mol. The summed E-state index contributed by atoms with van der Waals surface area (Å²) in [5.41, 5.74) is 5.22. The molecule has 1 amide bonds. The Labute approximate surface area is 189 Å². The number of benzene rings is 2. The van der Waals surface area contributed by atoms with Gasteiger partial charge in [0.2, 0.25) is 10.0 Å². The van der Waals surface area contributed by atoms with Crippen LogP contribution in [0.3, 0.4) is 0 Å². The molecule has 0 radical (unpaired) electrons. The Morgan fingerprint density at radius 1 is 1.12 bits per heavy atom. The van der Waals surface area contributed by atoms with Crippen molar-refractivity contribution in [2.75, 3.05) is 6.54 Å². The van der Waals surface area contributed by atoms with Gasteiger partial charge in [0.05, 0.1) is 17.7 Å². The van der Waals surface area contributed by atoms with Crippen molar-refractivity contribution in [3.63, 3.8) is 0 Å². The molecule has 0 aromatic heterocycles. The Balaban J connectivity index is 1.84. The van der Waals surface area contributed by atoms with E-state index >= 15 is 0 Å². The third kappa shape index (κ3) is 5.81. The first kappa shape index (κ1) is 24.1. The lowest BCUT2D eigenvalue weighted by Gasteiger charge is -2.33. The SMILES string of the molecule is Cc1cc(C)c(S(=O)(=O)N(CC(=O)NN=Cc2cccc(F)c2)C2CCCCC2)c(C)c1. The van der Waals surface area contributed by atoms with Crippen LogP contribution in [-0.4, -0.2) is 37.4 Å². The summed E-state index contributed by atoms with van der Waals surface area (Å²) in [4.78, 5) is 12.9. The van der Waals surface area contributed by atoms with Crippen molar-refractivity contribution in [2.45, 2.75) is 63.8 Å². The highest BCUT2D eigenvalue weighted by Gasteiger charge is 2.35. The van der Waals surface area contributed by atoms with Gasteiger partial charge in [-0.25, -0.2) is 18.2 Å². The van der Waals surface area contributed by atoms with Gasteiger partial charge in [-0.05, 0) is 62.4 Å². The molecule has 1 saturated carbocycles. The maximum absolute atomic E-state index is 13.7. The minimum atomic E-state index is -3.89. The Kier molecular flexibility index (Phi) is 7.79. The number of amides is 1. The van der Waals surface area contributed by atoms with E-state index in [1.165, 1.54) is 22.7 Å².